The molecule has 0 bridgehead atoms. The summed E-state index contributed by atoms with van der Waals surface area (Å²) >= 11 is 0. The van der Waals surface area contributed by atoms with Gasteiger partial charge in [-0.1, -0.05) is 0 Å². The molecule has 1 saturated carbocycles. The van der Waals surface area contributed by atoms with Gasteiger partial charge in [-0.25, -0.2) is 0 Å². The van der Waals surface area contributed by atoms with Crippen LogP contribution in [0.3, 0.4) is 0 Å². The second kappa shape index (κ2) is 5.92. The molecular formula is C15H18N2O5. The Bertz CT molecular complexity index is 594. The molecule has 2 aliphatic rings. The lowest BCUT2D eigenvalue weighted by Crippen LogP contribution is -2.37. The number of nitrogens with zero attached hydrogens (tertiary/aromatic N) is 2. The Kier molecular flexibility index (Phi) is 3.98. The molecule has 1 heterocycles. The minimum Gasteiger partial charge on any atom is -0.502 e. The topological polar surface area (TPSA) is 92.9 Å². The third-order valence-electron chi connectivity index (χ3n) is 4.15. The van der Waals surface area contributed by atoms with Gasteiger partial charge in [0.15, 0.2) is 5.75 Å². The Morgan fingerprint density at radius 2 is 2.18 bits per heavy atom. The number of benzene rings is 1. The first-order valence-corrected chi connectivity index (χ1v) is 7.42. The fraction of sp³-hybridized carbons (Fsp3) is 0.533. The maximum absolute atomic E-state index is 12.7. The summed E-state index contributed by atoms with van der Waals surface area (Å²) in [6, 6.07) is 4.01. The highest BCUT2D eigenvalue weighted by Gasteiger charge is 2.35. The van der Waals surface area contributed by atoms with Crippen molar-refractivity contribution in [1.29, 1.82) is 0 Å². The third kappa shape index (κ3) is 3.04. The number of rotatable bonds is 5. The van der Waals surface area contributed by atoms with Crippen molar-refractivity contribution in [2.24, 2.45) is 5.92 Å². The van der Waals surface area contributed by atoms with Crippen LogP contribution < -0.4 is 0 Å². The van der Waals surface area contributed by atoms with Crippen LogP contribution in [0.1, 0.15) is 29.6 Å². The van der Waals surface area contributed by atoms with E-state index in [1.54, 1.807) is 4.90 Å². The molecule has 1 aliphatic heterocycles. The minimum atomic E-state index is -0.682. The number of amides is 1. The molecular weight excluding hydrogens is 288 g/mol. The first-order valence-electron chi connectivity index (χ1n) is 7.42. The van der Waals surface area contributed by atoms with Crippen molar-refractivity contribution in [3.05, 3.63) is 33.9 Å². The van der Waals surface area contributed by atoms with E-state index in [0.717, 1.165) is 31.9 Å². The molecule has 1 N–H and O–H groups in total. The zero-order valence-corrected chi connectivity index (χ0v) is 12.1. The summed E-state index contributed by atoms with van der Waals surface area (Å²) in [4.78, 5) is 24.7. The lowest BCUT2D eigenvalue weighted by molar-refractivity contribution is -0.385. The minimum absolute atomic E-state index is 0.211. The van der Waals surface area contributed by atoms with Gasteiger partial charge in [-0.05, 0) is 31.4 Å². The second-order valence-electron chi connectivity index (χ2n) is 5.88. The molecule has 0 radical (unpaired) electrons. The second-order valence-corrected chi connectivity index (χ2v) is 5.88. The molecule has 1 aliphatic carbocycles. The number of ether oxygens (including phenoxy) is 1. The standard InChI is InChI=1S/C15H18N2O5/c18-14-4-1-11(7-13(14)17(20)21)15(19)16(12-2-3-12)8-10-5-6-22-9-10/h1,4,7,10,12,18H,2-3,5-6,8-9H2. The molecule has 3 rings (SSSR count). The van der Waals surface area contributed by atoms with Crippen LogP contribution in [0.25, 0.3) is 0 Å². The fourth-order valence-electron chi connectivity index (χ4n) is 2.76. The molecule has 1 atom stereocenters. The third-order valence-corrected chi connectivity index (χ3v) is 4.15. The summed E-state index contributed by atoms with van der Waals surface area (Å²) in [7, 11) is 0. The first-order chi connectivity index (χ1) is 10.6. The predicted octanol–water partition coefficient (Wildman–Crippen LogP) is 1.94. The quantitative estimate of drug-likeness (QED) is 0.663. The van der Waals surface area contributed by atoms with Crippen LogP contribution in [-0.4, -0.2) is 46.6 Å². The van der Waals surface area contributed by atoms with E-state index in [1.807, 2.05) is 0 Å². The van der Waals surface area contributed by atoms with Crippen molar-refractivity contribution in [2.45, 2.75) is 25.3 Å². The van der Waals surface area contributed by atoms with E-state index in [0.29, 0.717) is 19.1 Å². The van der Waals surface area contributed by atoms with Crippen LogP contribution >= 0.6 is 0 Å². The number of hydrogen-bond acceptors (Lipinski definition) is 5. The van der Waals surface area contributed by atoms with Crippen LogP contribution in [0.15, 0.2) is 18.2 Å². The van der Waals surface area contributed by atoms with Crippen molar-refractivity contribution >= 4 is 11.6 Å². The molecule has 22 heavy (non-hydrogen) atoms. The number of phenolic OH excluding ortho intramolecular Hbond substituents is 1. The van der Waals surface area contributed by atoms with Crippen LogP contribution in [0.2, 0.25) is 0 Å². The summed E-state index contributed by atoms with van der Waals surface area (Å²) in [5, 5.41) is 20.4. The molecule has 7 nitrogen and oxygen atoms in total. The van der Waals surface area contributed by atoms with Crippen LogP contribution in [0.4, 0.5) is 5.69 Å². The Balaban J connectivity index is 1.80. The number of hydrogen-bond donors (Lipinski definition) is 1. The van der Waals surface area contributed by atoms with Gasteiger partial charge in [-0.15, -0.1) is 0 Å². The van der Waals surface area contributed by atoms with Crippen molar-refractivity contribution in [3.63, 3.8) is 0 Å². The van der Waals surface area contributed by atoms with Crippen LogP contribution in [-0.2, 0) is 4.74 Å². The number of carbonyl (C=O) groups is 1. The Hall–Kier alpha value is -2.15. The fourth-order valence-corrected chi connectivity index (χ4v) is 2.76. The van der Waals surface area contributed by atoms with E-state index < -0.39 is 16.4 Å². The van der Waals surface area contributed by atoms with Crippen molar-refractivity contribution in [1.82, 2.24) is 4.90 Å². The average molecular weight is 306 g/mol. The highest BCUT2D eigenvalue weighted by Crippen LogP contribution is 2.32. The number of nitro benzene ring substituents is 1. The van der Waals surface area contributed by atoms with Gasteiger partial charge in [0, 0.05) is 36.7 Å². The lowest BCUT2D eigenvalue weighted by Gasteiger charge is -2.25. The smallest absolute Gasteiger partial charge is 0.311 e. The molecule has 0 spiro atoms. The van der Waals surface area contributed by atoms with Gasteiger partial charge in [-0.3, -0.25) is 14.9 Å². The van der Waals surface area contributed by atoms with Gasteiger partial charge in [0.1, 0.15) is 0 Å². The normalized spacial score (nSPS) is 20.8. The Labute approximate surface area is 127 Å². The molecule has 1 aromatic carbocycles. The zero-order valence-electron chi connectivity index (χ0n) is 12.1. The van der Waals surface area contributed by atoms with E-state index >= 15 is 0 Å². The lowest BCUT2D eigenvalue weighted by atomic mass is 10.1. The molecule has 0 aromatic heterocycles. The number of phenols is 1. The van der Waals surface area contributed by atoms with Crippen LogP contribution in [0.5, 0.6) is 5.75 Å². The number of nitro groups is 1. The number of carbonyl (C=O) groups excluding carboxylic acids is 1. The zero-order chi connectivity index (χ0) is 15.7. The van der Waals surface area contributed by atoms with Gasteiger partial charge in [0.2, 0.25) is 0 Å². The number of aromatic hydroxyl groups is 1. The summed E-state index contributed by atoms with van der Waals surface area (Å²) in [5.74, 6) is -0.308. The molecule has 1 aromatic rings. The molecule has 1 saturated heterocycles. The molecule has 2 fully saturated rings. The molecule has 1 amide bonds. The highest BCUT2D eigenvalue weighted by molar-refractivity contribution is 5.95. The van der Waals surface area contributed by atoms with E-state index in [2.05, 4.69) is 0 Å². The average Bonchev–Trinajstić information content (AvgIpc) is 3.21. The molecule has 118 valence electrons. The summed E-state index contributed by atoms with van der Waals surface area (Å²) < 4.78 is 5.35. The maximum atomic E-state index is 12.7. The summed E-state index contributed by atoms with van der Waals surface area (Å²) in [6.45, 7) is 2.01. The van der Waals surface area contributed by atoms with Gasteiger partial charge >= 0.3 is 5.69 Å². The maximum Gasteiger partial charge on any atom is 0.311 e. The summed E-state index contributed by atoms with van der Waals surface area (Å²) in [6.07, 6.45) is 2.88. The SMILES string of the molecule is O=C(c1ccc(O)c([N+](=O)[O-])c1)N(CC1CCOC1)C1CC1. The monoisotopic (exact) mass is 306 g/mol. The van der Waals surface area contributed by atoms with Crippen LogP contribution in [0, 0.1) is 16.0 Å². The van der Waals surface area contributed by atoms with E-state index in [9.17, 15) is 20.0 Å². The Morgan fingerprint density at radius 1 is 1.41 bits per heavy atom. The van der Waals surface area contributed by atoms with Gasteiger partial charge < -0.3 is 14.7 Å². The van der Waals surface area contributed by atoms with Crippen molar-refractivity contribution < 1.29 is 19.6 Å². The predicted molar refractivity (Wildman–Crippen MR) is 77.7 cm³/mol. The van der Waals surface area contributed by atoms with E-state index in [1.165, 1.54) is 12.1 Å². The van der Waals surface area contributed by atoms with Gasteiger partial charge in [0.05, 0.1) is 11.5 Å². The van der Waals surface area contributed by atoms with E-state index in [-0.39, 0.29) is 17.5 Å². The molecule has 1 unspecified atom stereocenters. The Morgan fingerprint density at radius 3 is 2.77 bits per heavy atom. The largest absolute Gasteiger partial charge is 0.502 e. The van der Waals surface area contributed by atoms with Gasteiger partial charge in [0.25, 0.3) is 5.91 Å². The highest BCUT2D eigenvalue weighted by atomic mass is 16.6. The van der Waals surface area contributed by atoms with Gasteiger partial charge in [-0.2, -0.15) is 0 Å². The van der Waals surface area contributed by atoms with E-state index in [4.69, 9.17) is 4.74 Å². The first kappa shape index (κ1) is 14.8. The molecule has 7 heteroatoms. The summed E-state index contributed by atoms with van der Waals surface area (Å²) in [5.41, 5.74) is -0.193. The van der Waals surface area contributed by atoms with Crippen molar-refractivity contribution in [2.75, 3.05) is 19.8 Å². The van der Waals surface area contributed by atoms with Crippen molar-refractivity contribution in [3.8, 4) is 5.75 Å².